The molecule has 1 aromatic carbocycles. The molecule has 4 rings (SSSR count). The Hall–Kier alpha value is -1.18. The largest absolute Gasteiger partial charge is 0.399 e. The lowest BCUT2D eigenvalue weighted by atomic mass is 9.86. The molecule has 3 fully saturated rings. The van der Waals surface area contributed by atoms with Gasteiger partial charge in [0, 0.05) is 24.0 Å². The molecule has 1 saturated carbocycles. The minimum absolute atomic E-state index is 0.812. The third-order valence-electron chi connectivity index (χ3n) is 3.31. The van der Waals surface area contributed by atoms with Crippen LogP contribution in [0.4, 0.5) is 11.4 Å². The van der Waals surface area contributed by atoms with Crippen LogP contribution in [0.15, 0.2) is 24.3 Å². The zero-order valence-corrected chi connectivity index (χ0v) is 7.61. The van der Waals surface area contributed by atoms with E-state index in [1.54, 1.807) is 0 Å². The summed E-state index contributed by atoms with van der Waals surface area (Å²) in [4.78, 5) is 2.50. The molecule has 3 aliphatic rings. The van der Waals surface area contributed by atoms with Crippen LogP contribution < -0.4 is 10.6 Å². The highest BCUT2D eigenvalue weighted by Crippen LogP contribution is 2.43. The van der Waals surface area contributed by atoms with Crippen LogP contribution in [0.25, 0.3) is 0 Å². The minimum Gasteiger partial charge on any atom is -0.399 e. The van der Waals surface area contributed by atoms with Crippen molar-refractivity contribution in [3.05, 3.63) is 24.3 Å². The second-order valence-corrected chi connectivity index (χ2v) is 4.24. The van der Waals surface area contributed by atoms with Crippen molar-refractivity contribution in [1.29, 1.82) is 0 Å². The maximum Gasteiger partial charge on any atom is 0.0389 e. The van der Waals surface area contributed by atoms with Gasteiger partial charge in [-0.3, -0.25) is 0 Å². The second kappa shape index (κ2) is 2.41. The second-order valence-electron chi connectivity index (χ2n) is 4.24. The summed E-state index contributed by atoms with van der Waals surface area (Å²) >= 11 is 0. The fraction of sp³-hybridized carbons (Fsp3) is 0.455. The number of rotatable bonds is 1. The monoisotopic (exact) mass is 174 g/mol. The smallest absolute Gasteiger partial charge is 0.0389 e. The molecule has 0 amide bonds. The maximum absolute atomic E-state index is 5.76. The van der Waals surface area contributed by atoms with Gasteiger partial charge in [-0.05, 0) is 37.0 Å². The van der Waals surface area contributed by atoms with Gasteiger partial charge in [-0.1, -0.05) is 6.07 Å². The number of nitrogens with two attached hydrogens (primary N) is 1. The summed E-state index contributed by atoms with van der Waals surface area (Å²) < 4.78 is 0. The van der Waals surface area contributed by atoms with Crippen LogP contribution >= 0.6 is 0 Å². The van der Waals surface area contributed by atoms with Crippen LogP contribution in [0.1, 0.15) is 12.8 Å². The molecule has 68 valence electrons. The molecule has 0 spiro atoms. The molecule has 0 aromatic heterocycles. The van der Waals surface area contributed by atoms with Crippen LogP contribution in [0, 0.1) is 5.92 Å². The van der Waals surface area contributed by atoms with Gasteiger partial charge in [0.2, 0.25) is 0 Å². The van der Waals surface area contributed by atoms with Gasteiger partial charge in [0.05, 0.1) is 0 Å². The van der Waals surface area contributed by atoms with Crippen molar-refractivity contribution < 1.29 is 0 Å². The summed E-state index contributed by atoms with van der Waals surface area (Å²) in [6, 6.07) is 9.05. The topological polar surface area (TPSA) is 29.3 Å². The lowest BCUT2D eigenvalue weighted by Gasteiger charge is -2.27. The van der Waals surface area contributed by atoms with E-state index in [4.69, 9.17) is 5.73 Å². The lowest BCUT2D eigenvalue weighted by Crippen LogP contribution is -2.28. The average molecular weight is 174 g/mol. The Kier molecular flexibility index (Phi) is 1.34. The first-order chi connectivity index (χ1) is 6.33. The molecular formula is C11H14N2. The molecule has 2 nitrogen and oxygen atoms in total. The number of anilines is 2. The Morgan fingerprint density at radius 2 is 2.15 bits per heavy atom. The van der Waals surface area contributed by atoms with Crippen molar-refractivity contribution in [3.63, 3.8) is 0 Å². The molecule has 13 heavy (non-hydrogen) atoms. The number of nitrogens with zero attached hydrogens (tertiary/aromatic N) is 1. The van der Waals surface area contributed by atoms with E-state index in [0.29, 0.717) is 0 Å². The van der Waals surface area contributed by atoms with Crippen LogP contribution in [-0.2, 0) is 0 Å². The van der Waals surface area contributed by atoms with Gasteiger partial charge in [0.15, 0.2) is 0 Å². The van der Waals surface area contributed by atoms with Crippen molar-refractivity contribution in [3.8, 4) is 0 Å². The third-order valence-corrected chi connectivity index (χ3v) is 3.31. The van der Waals surface area contributed by atoms with Gasteiger partial charge >= 0.3 is 0 Å². The molecule has 2 saturated heterocycles. The standard InChI is InChI=1S/C11H14N2/c12-9-2-1-3-10(6-9)13-7-8-4-11(13)5-8/h1-3,6,8,11H,4-5,7,12H2. The van der Waals surface area contributed by atoms with E-state index in [1.807, 2.05) is 12.1 Å². The first-order valence-corrected chi connectivity index (χ1v) is 4.95. The SMILES string of the molecule is Nc1cccc(N2CC3CC2C3)c1. The highest BCUT2D eigenvalue weighted by Gasteiger charge is 2.42. The van der Waals surface area contributed by atoms with Gasteiger partial charge in [-0.2, -0.15) is 0 Å². The summed E-state index contributed by atoms with van der Waals surface area (Å²) in [5.41, 5.74) is 7.95. The molecule has 1 aromatic rings. The van der Waals surface area contributed by atoms with Crippen molar-refractivity contribution in [2.75, 3.05) is 17.2 Å². The Morgan fingerprint density at radius 3 is 2.77 bits per heavy atom. The van der Waals surface area contributed by atoms with Gasteiger partial charge in [0.25, 0.3) is 0 Å². The van der Waals surface area contributed by atoms with Gasteiger partial charge in [-0.15, -0.1) is 0 Å². The van der Waals surface area contributed by atoms with Gasteiger partial charge in [-0.25, -0.2) is 0 Å². The Labute approximate surface area is 78.3 Å². The highest BCUT2D eigenvalue weighted by molar-refractivity contribution is 5.58. The van der Waals surface area contributed by atoms with E-state index in [1.165, 1.54) is 25.1 Å². The normalized spacial score (nSPS) is 30.3. The zero-order valence-electron chi connectivity index (χ0n) is 7.61. The van der Waals surface area contributed by atoms with E-state index in [2.05, 4.69) is 17.0 Å². The molecule has 2 heterocycles. The summed E-state index contributed by atoms with van der Waals surface area (Å²) in [7, 11) is 0. The predicted molar refractivity (Wildman–Crippen MR) is 54.7 cm³/mol. The van der Waals surface area contributed by atoms with Gasteiger partial charge in [0.1, 0.15) is 0 Å². The van der Waals surface area contributed by atoms with Crippen molar-refractivity contribution in [1.82, 2.24) is 0 Å². The molecular weight excluding hydrogens is 160 g/mol. The van der Waals surface area contributed by atoms with Crippen molar-refractivity contribution in [2.24, 2.45) is 5.92 Å². The number of hydrogen-bond donors (Lipinski definition) is 1. The Bertz CT molecular complexity index is 329. The van der Waals surface area contributed by atoms with Gasteiger partial charge < -0.3 is 10.6 Å². The summed E-state index contributed by atoms with van der Waals surface area (Å²) in [5.74, 6) is 0.964. The van der Waals surface area contributed by atoms with Crippen molar-refractivity contribution in [2.45, 2.75) is 18.9 Å². The minimum atomic E-state index is 0.812. The van der Waals surface area contributed by atoms with E-state index in [0.717, 1.165) is 17.6 Å². The van der Waals surface area contributed by atoms with E-state index >= 15 is 0 Å². The number of nitrogen functional groups attached to an aromatic ring is 1. The fourth-order valence-electron chi connectivity index (χ4n) is 2.55. The summed E-state index contributed by atoms with van der Waals surface area (Å²) in [5, 5.41) is 0. The summed E-state index contributed by atoms with van der Waals surface area (Å²) in [6.45, 7) is 1.24. The van der Waals surface area contributed by atoms with E-state index < -0.39 is 0 Å². The number of hydrogen-bond acceptors (Lipinski definition) is 2. The fourth-order valence-corrected chi connectivity index (χ4v) is 2.55. The maximum atomic E-state index is 5.76. The van der Waals surface area contributed by atoms with Crippen LogP contribution in [-0.4, -0.2) is 12.6 Å². The van der Waals surface area contributed by atoms with Crippen LogP contribution in [0.5, 0.6) is 0 Å². The predicted octanol–water partition coefficient (Wildman–Crippen LogP) is 1.87. The quantitative estimate of drug-likeness (QED) is 0.658. The van der Waals surface area contributed by atoms with Crippen LogP contribution in [0.2, 0.25) is 0 Å². The molecule has 2 aliphatic heterocycles. The number of benzene rings is 1. The molecule has 1 aliphatic carbocycles. The number of fused-ring (bicyclic) bond motifs is 1. The Balaban J connectivity index is 1.92. The highest BCUT2D eigenvalue weighted by atomic mass is 15.2. The molecule has 0 unspecified atom stereocenters. The molecule has 0 radical (unpaired) electrons. The molecule has 2 N–H and O–H groups in total. The first-order valence-electron chi connectivity index (χ1n) is 4.95. The Morgan fingerprint density at radius 1 is 1.31 bits per heavy atom. The van der Waals surface area contributed by atoms with Crippen molar-refractivity contribution >= 4 is 11.4 Å². The average Bonchev–Trinajstić information content (AvgIpc) is 2.59. The molecule has 2 heteroatoms. The zero-order chi connectivity index (χ0) is 8.84. The summed E-state index contributed by atoms with van der Waals surface area (Å²) in [6.07, 6.45) is 2.80. The molecule has 2 bridgehead atoms. The molecule has 0 atom stereocenters. The lowest BCUT2D eigenvalue weighted by molar-refractivity contribution is 0.381. The third kappa shape index (κ3) is 1.01. The van der Waals surface area contributed by atoms with E-state index in [9.17, 15) is 0 Å². The van der Waals surface area contributed by atoms with Crippen LogP contribution in [0.3, 0.4) is 0 Å². The first kappa shape index (κ1) is 7.25. The van der Waals surface area contributed by atoms with E-state index in [-0.39, 0.29) is 0 Å².